The van der Waals surface area contributed by atoms with Crippen molar-refractivity contribution >= 4 is 77.4 Å². The highest BCUT2D eigenvalue weighted by molar-refractivity contribution is 7.92. The van der Waals surface area contributed by atoms with Gasteiger partial charge in [-0.2, -0.15) is 0 Å². The molecule has 2 heterocycles. The molecule has 264 valence electrons. The number of sulfonamides is 2. The quantitative estimate of drug-likeness (QED) is 0.177. The van der Waals surface area contributed by atoms with Crippen molar-refractivity contribution in [3.63, 3.8) is 0 Å². The summed E-state index contributed by atoms with van der Waals surface area (Å²) in [6, 6.07) is 36.5. The van der Waals surface area contributed by atoms with Gasteiger partial charge < -0.3 is 0 Å². The molecule has 0 radical (unpaired) electrons. The van der Waals surface area contributed by atoms with Crippen molar-refractivity contribution in [1.82, 2.24) is 0 Å². The number of hydrogen-bond acceptors (Lipinski definition) is 6. The molecule has 2 N–H and O–H groups in total. The first-order valence-electron chi connectivity index (χ1n) is 16.9. The van der Waals surface area contributed by atoms with E-state index < -0.39 is 20.0 Å². The fourth-order valence-electron chi connectivity index (χ4n) is 6.79. The van der Waals surface area contributed by atoms with Crippen LogP contribution in [0.3, 0.4) is 0 Å². The van der Waals surface area contributed by atoms with E-state index in [9.17, 15) is 16.8 Å². The van der Waals surface area contributed by atoms with Gasteiger partial charge in [0.2, 0.25) is 20.0 Å². The smallest absolute Gasteiger partial charge is 0.229 e. The first-order chi connectivity index (χ1) is 25.0. The van der Waals surface area contributed by atoms with Crippen molar-refractivity contribution in [3.05, 3.63) is 174 Å². The number of anilines is 2. The first-order valence-corrected chi connectivity index (χ1v) is 22.4. The molecule has 0 aliphatic heterocycles. The van der Waals surface area contributed by atoms with Gasteiger partial charge in [-0.15, -0.1) is 22.7 Å². The predicted molar refractivity (Wildman–Crippen MR) is 220 cm³/mol. The summed E-state index contributed by atoms with van der Waals surface area (Å²) in [6.07, 6.45) is 10.8. The molecule has 52 heavy (non-hydrogen) atoms. The molecule has 0 bridgehead atoms. The van der Waals surface area contributed by atoms with Crippen molar-refractivity contribution in [2.45, 2.75) is 25.7 Å². The molecule has 2 aliphatic carbocycles. The minimum absolute atomic E-state index is 0.578. The molecule has 10 heteroatoms. The zero-order valence-electron chi connectivity index (χ0n) is 28.8. The van der Waals surface area contributed by atoms with Gasteiger partial charge in [0.15, 0.2) is 0 Å². The van der Waals surface area contributed by atoms with Crippen LogP contribution in [-0.4, -0.2) is 29.3 Å². The van der Waals surface area contributed by atoms with Gasteiger partial charge in [0.25, 0.3) is 0 Å². The molecular weight excluding hydrogens is 725 g/mol. The zero-order chi connectivity index (χ0) is 36.3. The molecule has 0 saturated carbocycles. The lowest BCUT2D eigenvalue weighted by Gasteiger charge is -2.11. The van der Waals surface area contributed by atoms with Crippen LogP contribution >= 0.6 is 22.7 Å². The van der Waals surface area contributed by atoms with Crippen LogP contribution in [0.15, 0.2) is 120 Å². The van der Waals surface area contributed by atoms with Crippen LogP contribution in [0.25, 0.3) is 23.3 Å². The lowest BCUT2D eigenvalue weighted by atomic mass is 9.94. The fourth-order valence-corrected chi connectivity index (χ4v) is 9.69. The van der Waals surface area contributed by atoms with Gasteiger partial charge in [-0.3, -0.25) is 9.44 Å². The number of rotatable bonds is 6. The van der Waals surface area contributed by atoms with E-state index in [1.54, 1.807) is 34.8 Å². The van der Waals surface area contributed by atoms with Crippen LogP contribution in [-0.2, 0) is 45.7 Å². The minimum Gasteiger partial charge on any atom is -0.284 e. The Morgan fingerprint density at radius 3 is 1.35 bits per heavy atom. The Hall–Kier alpha value is -4.74. The molecule has 0 fully saturated rings. The van der Waals surface area contributed by atoms with Crippen LogP contribution in [0.2, 0.25) is 0 Å². The highest BCUT2D eigenvalue weighted by Gasteiger charge is 2.20. The predicted octanol–water partition coefficient (Wildman–Crippen LogP) is 9.61. The largest absolute Gasteiger partial charge is 0.284 e. The molecule has 2 aromatic heterocycles. The Balaban J connectivity index is 0.000000162. The maximum atomic E-state index is 11.5. The number of fused-ring (bicyclic) bond motifs is 4. The Bertz CT molecular complexity index is 2370. The van der Waals surface area contributed by atoms with Crippen molar-refractivity contribution in [1.29, 1.82) is 0 Å². The fraction of sp³-hybridized carbons (Fsp3) is 0.143. The van der Waals surface area contributed by atoms with Gasteiger partial charge in [-0.25, -0.2) is 16.8 Å². The summed E-state index contributed by atoms with van der Waals surface area (Å²) in [5.74, 6) is 0. The monoisotopic (exact) mass is 762 g/mol. The molecule has 6 nitrogen and oxygen atoms in total. The van der Waals surface area contributed by atoms with E-state index >= 15 is 0 Å². The number of hydrogen-bond donors (Lipinski definition) is 2. The summed E-state index contributed by atoms with van der Waals surface area (Å²) in [4.78, 5) is 2.80. The number of aryl methyl sites for hydroxylation is 4. The lowest BCUT2D eigenvalue weighted by Crippen LogP contribution is -2.09. The molecular formula is C42H38N2O4S4. The summed E-state index contributed by atoms with van der Waals surface area (Å²) in [5.41, 5.74) is 13.3. The van der Waals surface area contributed by atoms with Crippen LogP contribution < -0.4 is 9.44 Å². The Morgan fingerprint density at radius 2 is 0.923 bits per heavy atom. The molecule has 2 aliphatic rings. The zero-order valence-corrected chi connectivity index (χ0v) is 32.1. The van der Waals surface area contributed by atoms with Crippen molar-refractivity contribution in [2.75, 3.05) is 22.0 Å². The second-order valence-electron chi connectivity index (χ2n) is 12.9. The second-order valence-corrected chi connectivity index (χ2v) is 18.4. The van der Waals surface area contributed by atoms with E-state index in [2.05, 4.69) is 93.0 Å². The second kappa shape index (κ2) is 15.1. The average molecular weight is 763 g/mol. The van der Waals surface area contributed by atoms with E-state index in [1.165, 1.54) is 54.3 Å². The van der Waals surface area contributed by atoms with Crippen molar-refractivity contribution in [3.8, 4) is 0 Å². The third-order valence-corrected chi connectivity index (χ3v) is 12.1. The Kier molecular flexibility index (Phi) is 10.3. The topological polar surface area (TPSA) is 92.3 Å². The highest BCUT2D eigenvalue weighted by atomic mass is 32.2. The van der Waals surface area contributed by atoms with Crippen molar-refractivity contribution in [2.24, 2.45) is 0 Å². The summed E-state index contributed by atoms with van der Waals surface area (Å²) in [6.45, 7) is 0. The van der Waals surface area contributed by atoms with Crippen LogP contribution in [0.5, 0.6) is 0 Å². The molecule has 8 rings (SSSR count). The van der Waals surface area contributed by atoms with Gasteiger partial charge in [0, 0.05) is 21.1 Å². The number of benzene rings is 4. The molecule has 0 atom stereocenters. The number of thiophene rings is 2. The average Bonchev–Trinajstić information content (AvgIpc) is 3.71. The van der Waals surface area contributed by atoms with Gasteiger partial charge in [-0.05, 0) is 141 Å². The van der Waals surface area contributed by atoms with Gasteiger partial charge in [0.05, 0.1) is 12.5 Å². The maximum Gasteiger partial charge on any atom is 0.229 e. The van der Waals surface area contributed by atoms with Crippen LogP contribution in [0, 0.1) is 0 Å². The molecule has 0 unspecified atom stereocenters. The highest BCUT2D eigenvalue weighted by Crippen LogP contribution is 2.39. The SMILES string of the molecule is CS(=O)(=O)Nc1cccc(/C=C2/c3ccccc3CCc3sccc32)c1.CS(=O)(=O)Nc1cccc(/C=C2\c3ccccc3CCc3sccc32)c1. The minimum atomic E-state index is -3.29. The normalized spacial score (nSPS) is 15.2. The molecule has 0 spiro atoms. The molecule has 0 amide bonds. The molecule has 4 aromatic carbocycles. The summed E-state index contributed by atoms with van der Waals surface area (Å²) in [5, 5.41) is 4.29. The maximum absolute atomic E-state index is 11.5. The molecule has 6 aromatic rings. The molecule has 0 saturated heterocycles. The van der Waals surface area contributed by atoms with Gasteiger partial charge >= 0.3 is 0 Å². The Labute approximate surface area is 314 Å². The van der Waals surface area contributed by atoms with E-state index in [-0.39, 0.29) is 0 Å². The van der Waals surface area contributed by atoms with Crippen LogP contribution in [0.4, 0.5) is 11.4 Å². The first kappa shape index (κ1) is 35.7. The van der Waals surface area contributed by atoms with E-state index in [0.29, 0.717) is 11.4 Å². The summed E-state index contributed by atoms with van der Waals surface area (Å²) >= 11 is 3.60. The third kappa shape index (κ3) is 8.65. The van der Waals surface area contributed by atoms with Gasteiger partial charge in [0.1, 0.15) is 0 Å². The van der Waals surface area contributed by atoms with Crippen LogP contribution in [0.1, 0.15) is 54.3 Å². The third-order valence-electron chi connectivity index (χ3n) is 8.93. The van der Waals surface area contributed by atoms with Crippen molar-refractivity contribution < 1.29 is 16.8 Å². The summed E-state index contributed by atoms with van der Waals surface area (Å²) in [7, 11) is -6.58. The standard InChI is InChI=1S/2C21H19NO2S2/c2*1-26(23,24)22-17-7-4-5-15(13-17)14-20-18-8-3-2-6-16(18)9-10-21-19(20)11-12-25-21/h2*2-8,11-14,22H,9-10H2,1H3/b20-14+;20-14-. The lowest BCUT2D eigenvalue weighted by molar-refractivity contribution is 0.605. The Morgan fingerprint density at radius 1 is 0.500 bits per heavy atom. The number of nitrogens with one attached hydrogen (secondary N) is 2. The van der Waals surface area contributed by atoms with E-state index in [1.807, 2.05) is 36.4 Å². The van der Waals surface area contributed by atoms with E-state index in [4.69, 9.17) is 0 Å². The summed E-state index contributed by atoms with van der Waals surface area (Å²) < 4.78 is 51.2. The van der Waals surface area contributed by atoms with Gasteiger partial charge in [-0.1, -0.05) is 72.8 Å². The van der Waals surface area contributed by atoms with E-state index in [0.717, 1.165) is 49.3 Å².